The molecule has 0 radical (unpaired) electrons. The van der Waals surface area contributed by atoms with Crippen LogP contribution in [0.1, 0.15) is 271 Å². The minimum absolute atomic E-state index is 0.105. The van der Waals surface area contributed by atoms with Crippen LogP contribution in [0.25, 0.3) is 0 Å². The first-order valence-electron chi connectivity index (χ1n) is 31.2. The second kappa shape index (κ2) is 63.1. The molecular weight excluding hydrogens is 937 g/mol. The highest BCUT2D eigenvalue weighted by molar-refractivity contribution is 5.71. The topological polar surface area (TPSA) is 78.9 Å². The molecule has 0 aliphatic carbocycles. The molecule has 1 atom stereocenters. The smallest absolute Gasteiger partial charge is 0.306 e. The van der Waals surface area contributed by atoms with Crippen LogP contribution in [-0.2, 0) is 28.6 Å². The predicted octanol–water partition coefficient (Wildman–Crippen LogP) is 21.4. The summed E-state index contributed by atoms with van der Waals surface area (Å²) in [5.41, 5.74) is 0. The minimum atomic E-state index is -0.812. The summed E-state index contributed by atoms with van der Waals surface area (Å²) in [4.78, 5) is 38.2. The lowest BCUT2D eigenvalue weighted by Crippen LogP contribution is -2.30. The van der Waals surface area contributed by atoms with Gasteiger partial charge in [-0.25, -0.2) is 0 Å². The van der Waals surface area contributed by atoms with Gasteiger partial charge in [0.15, 0.2) is 6.10 Å². The number of hydrogen-bond acceptors (Lipinski definition) is 6. The molecule has 0 amide bonds. The van der Waals surface area contributed by atoms with Crippen LogP contribution in [0.2, 0.25) is 0 Å². The molecule has 0 bridgehead atoms. The molecule has 430 valence electrons. The zero-order valence-corrected chi connectivity index (χ0v) is 49.2. The summed E-state index contributed by atoms with van der Waals surface area (Å²) in [5, 5.41) is 0. The molecular formula is C70H114O6. The fourth-order valence-electron chi connectivity index (χ4n) is 8.18. The Hall–Kier alpha value is -4.45. The molecule has 0 heterocycles. The van der Waals surface area contributed by atoms with Crippen molar-refractivity contribution < 1.29 is 28.6 Å². The van der Waals surface area contributed by atoms with Crippen molar-refractivity contribution in [1.29, 1.82) is 0 Å². The normalized spacial score (nSPS) is 13.0. The van der Waals surface area contributed by atoms with Gasteiger partial charge in [-0.3, -0.25) is 14.4 Å². The van der Waals surface area contributed by atoms with Crippen LogP contribution in [0.5, 0.6) is 0 Å². The number of ether oxygens (including phenoxy) is 3. The lowest BCUT2D eigenvalue weighted by Gasteiger charge is -2.18. The van der Waals surface area contributed by atoms with Crippen molar-refractivity contribution in [1.82, 2.24) is 0 Å². The van der Waals surface area contributed by atoms with E-state index >= 15 is 0 Å². The zero-order valence-electron chi connectivity index (χ0n) is 49.2. The van der Waals surface area contributed by atoms with Crippen LogP contribution < -0.4 is 0 Å². The number of allylic oxidation sites excluding steroid dienone is 22. The van der Waals surface area contributed by atoms with Gasteiger partial charge in [0.05, 0.1) is 0 Å². The molecule has 0 fully saturated rings. The largest absolute Gasteiger partial charge is 0.462 e. The quantitative estimate of drug-likeness (QED) is 0.0261. The molecule has 0 aromatic carbocycles. The highest BCUT2D eigenvalue weighted by Gasteiger charge is 2.19. The summed E-state index contributed by atoms with van der Waals surface area (Å²) in [7, 11) is 0. The second-order valence-electron chi connectivity index (χ2n) is 20.2. The first-order chi connectivity index (χ1) is 37.5. The molecule has 0 N–H and O–H groups in total. The third kappa shape index (κ3) is 60.4. The predicted molar refractivity (Wildman–Crippen MR) is 329 cm³/mol. The first kappa shape index (κ1) is 71.5. The van der Waals surface area contributed by atoms with Crippen LogP contribution in [0, 0.1) is 0 Å². The first-order valence-corrected chi connectivity index (χ1v) is 31.2. The van der Waals surface area contributed by atoms with Gasteiger partial charge in [0.2, 0.25) is 0 Å². The van der Waals surface area contributed by atoms with Gasteiger partial charge in [-0.2, -0.15) is 0 Å². The molecule has 0 saturated heterocycles. The number of hydrogen-bond donors (Lipinski definition) is 0. The fraction of sp³-hybridized carbons (Fsp3) is 0.643. The summed E-state index contributed by atoms with van der Waals surface area (Å²) < 4.78 is 16.8. The Balaban J connectivity index is 4.42. The fourth-order valence-corrected chi connectivity index (χ4v) is 8.18. The standard InChI is InChI=1S/C70H114O6/c1-4-7-10-13-16-19-22-24-26-28-30-31-32-33-34-35-36-37-38-39-40-42-43-45-48-51-54-57-60-63-69(72)75-66-67(65-74-68(71)62-59-56-53-50-47-21-18-15-12-9-6-3)76-70(73)64-61-58-55-52-49-46-44-41-29-27-25-23-20-17-14-11-8-5-2/h7,10,15-16,18-19,24,26-27,29-31,33-34,36-37,39-40,43,45,51,54,67H,4-6,8-9,11-14,17,20-23,25,28,32,35,38,41-42,44,46-50,52-53,55-66H2,1-3H3/b10-7-,18-15-,19-16-,26-24-,29-27-,31-30-,34-33-,37-36-,40-39-,45-43-,54-51-. The lowest BCUT2D eigenvalue weighted by atomic mass is 10.1. The maximum absolute atomic E-state index is 12.9. The van der Waals surface area contributed by atoms with E-state index in [1.165, 1.54) is 109 Å². The Morgan fingerprint density at radius 3 is 0.908 bits per heavy atom. The molecule has 1 unspecified atom stereocenters. The maximum Gasteiger partial charge on any atom is 0.306 e. The SMILES string of the molecule is CC/C=C\C/C=C\C/C=C\C/C=C\C/C=C\C/C=C\C/C=C\C/C=C\C/C=C\CCCC(=O)OCC(COC(=O)CCCCCCC/C=C\CCCC)OC(=O)CCCCCCCCC/C=C\CCCCCCCCC. The number of carbonyl (C=O) groups excluding carboxylic acids is 3. The van der Waals surface area contributed by atoms with Crippen molar-refractivity contribution in [3.63, 3.8) is 0 Å². The van der Waals surface area contributed by atoms with E-state index in [0.29, 0.717) is 19.3 Å². The van der Waals surface area contributed by atoms with Crippen LogP contribution in [0.4, 0.5) is 0 Å². The second-order valence-corrected chi connectivity index (χ2v) is 20.2. The van der Waals surface area contributed by atoms with Gasteiger partial charge in [0.1, 0.15) is 13.2 Å². The van der Waals surface area contributed by atoms with Crippen LogP contribution >= 0.6 is 0 Å². The highest BCUT2D eigenvalue weighted by atomic mass is 16.6. The molecule has 0 saturated carbocycles. The molecule has 0 spiro atoms. The third-order valence-electron chi connectivity index (χ3n) is 12.9. The molecule has 0 aromatic rings. The van der Waals surface area contributed by atoms with Crippen LogP contribution in [0.15, 0.2) is 134 Å². The van der Waals surface area contributed by atoms with Crippen LogP contribution in [0.3, 0.4) is 0 Å². The number of unbranched alkanes of at least 4 members (excludes halogenated alkanes) is 22. The van der Waals surface area contributed by atoms with E-state index in [1.54, 1.807) is 0 Å². The van der Waals surface area contributed by atoms with Crippen molar-refractivity contribution in [2.45, 2.75) is 277 Å². The van der Waals surface area contributed by atoms with Crippen LogP contribution in [-0.4, -0.2) is 37.2 Å². The Labute approximate surface area is 468 Å². The molecule has 6 heteroatoms. The van der Waals surface area contributed by atoms with E-state index < -0.39 is 6.10 Å². The summed E-state index contributed by atoms with van der Waals surface area (Å²) in [6.07, 6.45) is 88.9. The van der Waals surface area contributed by atoms with Gasteiger partial charge in [-0.1, -0.05) is 257 Å². The molecule has 0 aliphatic heterocycles. The monoisotopic (exact) mass is 1050 g/mol. The van der Waals surface area contributed by atoms with Gasteiger partial charge < -0.3 is 14.2 Å². The number of esters is 3. The Morgan fingerprint density at radius 1 is 0.276 bits per heavy atom. The lowest BCUT2D eigenvalue weighted by molar-refractivity contribution is -0.167. The Bertz CT molecular complexity index is 1630. The van der Waals surface area contributed by atoms with Crippen molar-refractivity contribution in [2.24, 2.45) is 0 Å². The van der Waals surface area contributed by atoms with E-state index in [9.17, 15) is 14.4 Å². The molecule has 0 aliphatic rings. The van der Waals surface area contributed by atoms with E-state index in [4.69, 9.17) is 14.2 Å². The van der Waals surface area contributed by atoms with Crippen molar-refractivity contribution in [3.05, 3.63) is 134 Å². The zero-order chi connectivity index (χ0) is 55.0. The van der Waals surface area contributed by atoms with Crippen molar-refractivity contribution >= 4 is 17.9 Å². The summed E-state index contributed by atoms with van der Waals surface area (Å²) >= 11 is 0. The number of rotatable bonds is 55. The average Bonchev–Trinajstić information content (AvgIpc) is 3.42. The highest BCUT2D eigenvalue weighted by Crippen LogP contribution is 2.14. The van der Waals surface area contributed by atoms with Crippen molar-refractivity contribution in [3.8, 4) is 0 Å². The summed E-state index contributed by atoms with van der Waals surface area (Å²) in [6, 6.07) is 0. The van der Waals surface area contributed by atoms with Gasteiger partial charge in [-0.15, -0.1) is 0 Å². The number of carbonyl (C=O) groups is 3. The Morgan fingerprint density at radius 2 is 0.539 bits per heavy atom. The van der Waals surface area contributed by atoms with Gasteiger partial charge in [0, 0.05) is 19.3 Å². The van der Waals surface area contributed by atoms with Gasteiger partial charge in [-0.05, 0) is 128 Å². The molecule has 6 nitrogen and oxygen atoms in total. The minimum Gasteiger partial charge on any atom is -0.462 e. The summed E-state index contributed by atoms with van der Waals surface area (Å²) in [6.45, 7) is 6.43. The maximum atomic E-state index is 12.9. The van der Waals surface area contributed by atoms with E-state index in [-0.39, 0.29) is 37.5 Å². The van der Waals surface area contributed by atoms with Gasteiger partial charge in [0.25, 0.3) is 0 Å². The molecule has 76 heavy (non-hydrogen) atoms. The van der Waals surface area contributed by atoms with E-state index in [1.807, 2.05) is 0 Å². The summed E-state index contributed by atoms with van der Waals surface area (Å²) in [5.74, 6) is -0.982. The van der Waals surface area contributed by atoms with Crippen molar-refractivity contribution in [2.75, 3.05) is 13.2 Å². The van der Waals surface area contributed by atoms with Gasteiger partial charge >= 0.3 is 17.9 Å². The third-order valence-corrected chi connectivity index (χ3v) is 12.9. The Kier molecular flexibility index (Phi) is 59.4. The average molecular weight is 1050 g/mol. The van der Waals surface area contributed by atoms with E-state index in [0.717, 1.165) is 116 Å². The molecule has 0 rings (SSSR count). The van der Waals surface area contributed by atoms with E-state index in [2.05, 4.69) is 154 Å². The molecule has 0 aromatic heterocycles.